The molecule has 0 aliphatic carbocycles. The highest BCUT2D eigenvalue weighted by Crippen LogP contribution is 2.39. The number of phenols is 1. The van der Waals surface area contributed by atoms with Gasteiger partial charge in [-0.25, -0.2) is 5.43 Å². The molecule has 1 aliphatic heterocycles. The van der Waals surface area contributed by atoms with Crippen molar-refractivity contribution in [2.45, 2.75) is 13.2 Å². The molecule has 0 radical (unpaired) electrons. The number of aromatic hydroxyl groups is 1. The number of phenolic OH excluding ortho intramolecular Hbond substituents is 1. The van der Waals surface area contributed by atoms with Gasteiger partial charge in [-0.2, -0.15) is 5.10 Å². The molecule has 3 aromatic rings. The van der Waals surface area contributed by atoms with Crippen molar-refractivity contribution in [3.05, 3.63) is 86.4 Å². The predicted octanol–water partition coefficient (Wildman–Crippen LogP) is 6.33. The Morgan fingerprint density at radius 2 is 1.89 bits per heavy atom. The van der Waals surface area contributed by atoms with Crippen molar-refractivity contribution in [2.75, 3.05) is 6.61 Å². The van der Waals surface area contributed by atoms with Gasteiger partial charge in [0, 0.05) is 18.1 Å². The first kappa shape index (κ1) is 24.7. The number of rotatable bonds is 7. The first-order chi connectivity index (χ1) is 16.8. The number of benzene rings is 3. The Balaban J connectivity index is 1.47. The fourth-order valence-corrected chi connectivity index (χ4v) is 3.92. The number of fused-ring (bicyclic) bond motifs is 1. The minimum atomic E-state index is -0.479. The second kappa shape index (κ2) is 10.9. The molecule has 7 nitrogen and oxygen atoms in total. The van der Waals surface area contributed by atoms with Crippen LogP contribution in [0.5, 0.6) is 23.0 Å². The molecule has 35 heavy (non-hydrogen) atoms. The van der Waals surface area contributed by atoms with Gasteiger partial charge in [-0.3, -0.25) is 4.79 Å². The van der Waals surface area contributed by atoms with Crippen LogP contribution in [-0.4, -0.2) is 30.1 Å². The van der Waals surface area contributed by atoms with E-state index >= 15 is 0 Å². The van der Waals surface area contributed by atoms with Crippen LogP contribution in [0.15, 0.2) is 59.7 Å². The highest BCUT2D eigenvalue weighted by molar-refractivity contribution is 6.37. The van der Waals surface area contributed by atoms with E-state index in [4.69, 9.17) is 49.0 Å². The topological polar surface area (TPSA) is 89.4 Å². The Morgan fingerprint density at radius 3 is 2.63 bits per heavy atom. The lowest BCUT2D eigenvalue weighted by Gasteiger charge is -2.08. The summed E-state index contributed by atoms with van der Waals surface area (Å²) in [4.78, 5) is 12.3. The third-order valence-corrected chi connectivity index (χ3v) is 5.71. The zero-order valence-electron chi connectivity index (χ0n) is 18.3. The van der Waals surface area contributed by atoms with E-state index in [1.807, 2.05) is 12.1 Å². The van der Waals surface area contributed by atoms with Crippen LogP contribution < -0.4 is 19.6 Å². The second-order valence-corrected chi connectivity index (χ2v) is 8.59. The number of para-hydroxylation sites is 1. The molecule has 0 fully saturated rings. The van der Waals surface area contributed by atoms with E-state index in [0.29, 0.717) is 32.9 Å². The highest BCUT2D eigenvalue weighted by Gasteiger charge is 2.23. The molecule has 1 heterocycles. The molecule has 0 bridgehead atoms. The first-order valence-corrected chi connectivity index (χ1v) is 11.5. The number of ether oxygens (including phenoxy) is 3. The molecule has 10 heteroatoms. The zero-order chi connectivity index (χ0) is 24.9. The van der Waals surface area contributed by atoms with Crippen molar-refractivity contribution >= 4 is 53.0 Å². The maximum absolute atomic E-state index is 12.3. The van der Waals surface area contributed by atoms with Crippen LogP contribution in [0.4, 0.5) is 0 Å². The van der Waals surface area contributed by atoms with Crippen LogP contribution in [0, 0.1) is 0 Å². The quantitative estimate of drug-likeness (QED) is 0.274. The molecule has 0 saturated carbocycles. The van der Waals surface area contributed by atoms with Crippen LogP contribution in [-0.2, 0) is 0 Å². The van der Waals surface area contributed by atoms with Crippen LogP contribution in [0.3, 0.4) is 0 Å². The largest absolute Gasteiger partial charge is 0.506 e. The number of carbonyl (C=O) groups excluding carboxylic acids is 1. The van der Waals surface area contributed by atoms with Crippen molar-refractivity contribution in [1.29, 1.82) is 0 Å². The molecule has 4 rings (SSSR count). The lowest BCUT2D eigenvalue weighted by atomic mass is 10.1. The summed E-state index contributed by atoms with van der Waals surface area (Å²) in [6.07, 6.45) is 4.64. The summed E-state index contributed by atoms with van der Waals surface area (Å²) < 4.78 is 17.2. The number of nitrogens with one attached hydrogen (secondary N) is 1. The van der Waals surface area contributed by atoms with E-state index in [1.54, 1.807) is 37.3 Å². The Bertz CT molecular complexity index is 1310. The standard InChI is InChI=1S/C25H19Cl3N2O5/c1-14-34-22-11-15(13-29-30-25(32)17-7-8-21(31)20(28)12-17)10-16(23(22)35-14)4-3-9-33-24-18(26)5-2-6-19(24)27/h2-8,10-14,31H,9H2,1H3,(H,30,32)/b4-3+,29-13+. The average Bonchev–Trinajstić information content (AvgIpc) is 3.20. The predicted molar refractivity (Wildman–Crippen MR) is 136 cm³/mol. The van der Waals surface area contributed by atoms with E-state index in [2.05, 4.69) is 10.5 Å². The van der Waals surface area contributed by atoms with Gasteiger partial charge in [0.25, 0.3) is 5.91 Å². The van der Waals surface area contributed by atoms with Gasteiger partial charge in [-0.15, -0.1) is 0 Å². The normalized spacial score (nSPS) is 14.6. The molecule has 0 saturated heterocycles. The van der Waals surface area contributed by atoms with Gasteiger partial charge in [0.15, 0.2) is 17.2 Å². The van der Waals surface area contributed by atoms with Gasteiger partial charge in [0.1, 0.15) is 12.4 Å². The highest BCUT2D eigenvalue weighted by atomic mass is 35.5. The third kappa shape index (κ3) is 6.00. The van der Waals surface area contributed by atoms with E-state index in [1.165, 1.54) is 24.4 Å². The minimum absolute atomic E-state index is 0.0729. The smallest absolute Gasteiger partial charge is 0.271 e. The van der Waals surface area contributed by atoms with Crippen LogP contribution in [0.25, 0.3) is 6.08 Å². The molecule has 3 aromatic carbocycles. The maximum Gasteiger partial charge on any atom is 0.271 e. The lowest BCUT2D eigenvalue weighted by molar-refractivity contribution is 0.0677. The molecular formula is C25H19Cl3N2O5. The van der Waals surface area contributed by atoms with Gasteiger partial charge < -0.3 is 19.3 Å². The molecule has 1 atom stereocenters. The molecule has 1 unspecified atom stereocenters. The molecule has 180 valence electrons. The number of nitrogens with zero attached hydrogens (tertiary/aromatic N) is 1. The minimum Gasteiger partial charge on any atom is -0.506 e. The Kier molecular flexibility index (Phi) is 7.70. The Labute approximate surface area is 216 Å². The SMILES string of the molecule is CC1Oc2cc(/C=N/NC(=O)c3ccc(O)c(Cl)c3)cc(/C=C/COc3c(Cl)cccc3Cl)c2O1. The van der Waals surface area contributed by atoms with Crippen molar-refractivity contribution < 1.29 is 24.1 Å². The van der Waals surface area contributed by atoms with Crippen LogP contribution in [0.1, 0.15) is 28.4 Å². The first-order valence-electron chi connectivity index (χ1n) is 10.4. The summed E-state index contributed by atoms with van der Waals surface area (Å²) in [5, 5.41) is 14.4. The number of hydrogen-bond acceptors (Lipinski definition) is 6. The van der Waals surface area contributed by atoms with E-state index in [9.17, 15) is 9.90 Å². The molecule has 0 aromatic heterocycles. The van der Waals surface area contributed by atoms with Gasteiger partial charge in [-0.05, 0) is 54.1 Å². The van der Waals surface area contributed by atoms with Crippen molar-refractivity contribution in [3.8, 4) is 23.0 Å². The summed E-state index contributed by atoms with van der Waals surface area (Å²) in [7, 11) is 0. The van der Waals surface area contributed by atoms with Crippen molar-refractivity contribution in [3.63, 3.8) is 0 Å². The Morgan fingerprint density at radius 1 is 1.11 bits per heavy atom. The lowest BCUT2D eigenvalue weighted by Crippen LogP contribution is -2.17. The molecule has 2 N–H and O–H groups in total. The van der Waals surface area contributed by atoms with Crippen molar-refractivity contribution in [1.82, 2.24) is 5.43 Å². The monoisotopic (exact) mass is 532 g/mol. The maximum atomic E-state index is 12.3. The summed E-state index contributed by atoms with van der Waals surface area (Å²) in [5.41, 5.74) is 4.08. The van der Waals surface area contributed by atoms with Crippen LogP contribution in [0.2, 0.25) is 15.1 Å². The molecule has 1 aliphatic rings. The average molecular weight is 534 g/mol. The fourth-order valence-electron chi connectivity index (χ4n) is 3.23. The zero-order valence-corrected chi connectivity index (χ0v) is 20.6. The van der Waals surface area contributed by atoms with E-state index in [-0.39, 0.29) is 22.9 Å². The fraction of sp³-hybridized carbons (Fsp3) is 0.120. The number of halogens is 3. The van der Waals surface area contributed by atoms with Gasteiger partial charge in [0.05, 0.1) is 21.3 Å². The van der Waals surface area contributed by atoms with Gasteiger partial charge >= 0.3 is 0 Å². The Hall–Kier alpha value is -3.39. The summed E-state index contributed by atoms with van der Waals surface area (Å²) in [6, 6.07) is 12.8. The third-order valence-electron chi connectivity index (χ3n) is 4.81. The molecular weight excluding hydrogens is 515 g/mol. The van der Waals surface area contributed by atoms with Crippen molar-refractivity contribution in [2.24, 2.45) is 5.10 Å². The summed E-state index contributed by atoms with van der Waals surface area (Å²) in [6.45, 7) is 2.00. The number of hydrogen-bond donors (Lipinski definition) is 2. The van der Waals surface area contributed by atoms with E-state index in [0.717, 1.165) is 5.56 Å². The number of amides is 1. The van der Waals surface area contributed by atoms with Gasteiger partial charge in [-0.1, -0.05) is 46.9 Å². The van der Waals surface area contributed by atoms with E-state index < -0.39 is 12.2 Å². The molecule has 0 spiro atoms. The molecule has 1 amide bonds. The summed E-state index contributed by atoms with van der Waals surface area (Å²) >= 11 is 18.1. The van der Waals surface area contributed by atoms with Crippen LogP contribution >= 0.6 is 34.8 Å². The number of hydrazone groups is 1. The van der Waals surface area contributed by atoms with Gasteiger partial charge in [0.2, 0.25) is 6.29 Å². The second-order valence-electron chi connectivity index (χ2n) is 7.37. The number of carbonyl (C=O) groups is 1. The summed E-state index contributed by atoms with van der Waals surface area (Å²) in [5.74, 6) is 0.956.